The summed E-state index contributed by atoms with van der Waals surface area (Å²) in [5, 5.41) is 18.9. The predicted octanol–water partition coefficient (Wildman–Crippen LogP) is 3.54. The summed E-state index contributed by atoms with van der Waals surface area (Å²) in [7, 11) is 1.54. The van der Waals surface area contributed by atoms with Gasteiger partial charge in [-0.15, -0.1) is 10.2 Å². The first-order valence-corrected chi connectivity index (χ1v) is 9.91. The number of halogens is 2. The van der Waals surface area contributed by atoms with Crippen LogP contribution in [-0.2, 0) is 6.54 Å². The molecule has 1 aromatic carbocycles. The summed E-state index contributed by atoms with van der Waals surface area (Å²) in [5.74, 6) is 1.66. The van der Waals surface area contributed by atoms with E-state index in [-0.39, 0.29) is 5.82 Å². The number of ether oxygens (including phenoxy) is 2. The van der Waals surface area contributed by atoms with Gasteiger partial charge in [-0.3, -0.25) is 4.68 Å². The first kappa shape index (κ1) is 20.9. The molecule has 0 fully saturated rings. The van der Waals surface area contributed by atoms with Gasteiger partial charge in [0.2, 0.25) is 0 Å². The first-order valence-electron chi connectivity index (χ1n) is 9.15. The lowest BCUT2D eigenvalue weighted by Crippen LogP contribution is -2.08. The molecule has 3 N–H and O–H groups in total. The van der Waals surface area contributed by atoms with Crippen molar-refractivity contribution >= 4 is 29.0 Å². The van der Waals surface area contributed by atoms with Gasteiger partial charge in [0.15, 0.2) is 17.4 Å². The normalized spacial score (nSPS) is 12.0. The summed E-state index contributed by atoms with van der Waals surface area (Å²) in [6.07, 6.45) is 4.69. The van der Waals surface area contributed by atoms with Crippen molar-refractivity contribution in [1.29, 1.82) is 0 Å². The Balaban J connectivity index is 1.58. The fourth-order valence-electron chi connectivity index (χ4n) is 3.03. The van der Waals surface area contributed by atoms with Gasteiger partial charge in [-0.2, -0.15) is 10.3 Å². The van der Waals surface area contributed by atoms with E-state index >= 15 is 0 Å². The molecule has 3 aromatic heterocycles. The molecule has 31 heavy (non-hydrogen) atoms. The summed E-state index contributed by atoms with van der Waals surface area (Å²) < 4.78 is 13.0. The van der Waals surface area contributed by atoms with Gasteiger partial charge < -0.3 is 15.2 Å². The standard InChI is InChI=1S/C19H18Cl2N8O2/c1-10(17-13(20)3-4-14(30-2)18(17)21)31-15-5-11(6-23-19(15)22)12-7-24-29(8-12)9-16-25-27-28-26-16/h3-8,10H,9H2,1-2H3,(H2,22,23)(H,25,26,27,28). The van der Waals surface area contributed by atoms with Crippen LogP contribution >= 0.6 is 23.2 Å². The molecule has 4 aromatic rings. The first-order chi connectivity index (χ1) is 15.0. The second-order valence-corrected chi connectivity index (χ2v) is 7.38. The molecule has 0 saturated heterocycles. The zero-order valence-corrected chi connectivity index (χ0v) is 18.1. The second-order valence-electron chi connectivity index (χ2n) is 6.60. The SMILES string of the molecule is COc1ccc(Cl)c(C(C)Oc2cc(-c3cnn(Cc4nn[nH]n4)c3)cnc2N)c1Cl. The monoisotopic (exact) mass is 460 g/mol. The molecule has 0 saturated carbocycles. The number of rotatable bonds is 7. The molecule has 0 radical (unpaired) electrons. The summed E-state index contributed by atoms with van der Waals surface area (Å²) >= 11 is 12.8. The number of nitrogens with zero attached hydrogens (tertiary/aromatic N) is 6. The highest BCUT2D eigenvalue weighted by Gasteiger charge is 2.20. The van der Waals surface area contributed by atoms with Crippen molar-refractivity contribution in [3.63, 3.8) is 0 Å². The molecule has 0 amide bonds. The van der Waals surface area contributed by atoms with Crippen LogP contribution in [0.4, 0.5) is 5.82 Å². The number of aromatic amines is 1. The van der Waals surface area contributed by atoms with E-state index in [9.17, 15) is 0 Å². The van der Waals surface area contributed by atoms with Crippen molar-refractivity contribution in [3.8, 4) is 22.6 Å². The predicted molar refractivity (Wildman–Crippen MR) is 115 cm³/mol. The Labute approximate surface area is 187 Å². The van der Waals surface area contributed by atoms with E-state index in [0.717, 1.165) is 11.1 Å². The van der Waals surface area contributed by atoms with Crippen LogP contribution in [0.3, 0.4) is 0 Å². The van der Waals surface area contributed by atoms with E-state index in [1.165, 1.54) is 7.11 Å². The average Bonchev–Trinajstić information content (AvgIpc) is 3.42. The number of H-pyrrole nitrogens is 1. The summed E-state index contributed by atoms with van der Waals surface area (Å²) in [4.78, 5) is 4.25. The number of hydrogen-bond donors (Lipinski definition) is 2. The Morgan fingerprint density at radius 2 is 2.03 bits per heavy atom. The zero-order chi connectivity index (χ0) is 22.0. The molecule has 0 aliphatic heterocycles. The minimum Gasteiger partial charge on any atom is -0.495 e. The maximum Gasteiger partial charge on any atom is 0.195 e. The summed E-state index contributed by atoms with van der Waals surface area (Å²) in [6.45, 7) is 2.20. The number of nitrogen functional groups attached to an aromatic ring is 1. The Hall–Kier alpha value is -3.37. The largest absolute Gasteiger partial charge is 0.495 e. The highest BCUT2D eigenvalue weighted by atomic mass is 35.5. The molecule has 0 aliphatic rings. The number of aromatic nitrogens is 7. The molecule has 3 heterocycles. The third-order valence-electron chi connectivity index (χ3n) is 4.56. The number of tetrazole rings is 1. The maximum atomic E-state index is 6.44. The van der Waals surface area contributed by atoms with Crippen molar-refractivity contribution in [2.24, 2.45) is 0 Å². The fourth-order valence-corrected chi connectivity index (χ4v) is 3.79. The van der Waals surface area contributed by atoms with Gasteiger partial charge in [0.1, 0.15) is 18.4 Å². The van der Waals surface area contributed by atoms with Crippen LogP contribution in [0.5, 0.6) is 11.5 Å². The lowest BCUT2D eigenvalue weighted by molar-refractivity contribution is 0.227. The van der Waals surface area contributed by atoms with Crippen LogP contribution in [0.15, 0.2) is 36.8 Å². The van der Waals surface area contributed by atoms with Crippen molar-refractivity contribution in [2.75, 3.05) is 12.8 Å². The van der Waals surface area contributed by atoms with E-state index in [1.807, 2.05) is 13.1 Å². The highest BCUT2D eigenvalue weighted by Crippen LogP contribution is 2.39. The van der Waals surface area contributed by atoms with Gasteiger partial charge in [0.25, 0.3) is 0 Å². The Morgan fingerprint density at radius 1 is 1.19 bits per heavy atom. The topological polar surface area (TPSA) is 130 Å². The van der Waals surface area contributed by atoms with Crippen LogP contribution in [0, 0.1) is 0 Å². The van der Waals surface area contributed by atoms with E-state index in [2.05, 4.69) is 30.7 Å². The average molecular weight is 461 g/mol. The lowest BCUT2D eigenvalue weighted by Gasteiger charge is -2.20. The molecule has 0 spiro atoms. The van der Waals surface area contributed by atoms with Crippen molar-refractivity contribution in [3.05, 3.63) is 58.2 Å². The number of nitrogens with one attached hydrogen (secondary N) is 1. The Kier molecular flexibility index (Phi) is 5.92. The van der Waals surface area contributed by atoms with Crippen molar-refractivity contribution in [1.82, 2.24) is 35.4 Å². The zero-order valence-electron chi connectivity index (χ0n) is 16.6. The molecule has 0 bridgehead atoms. The van der Waals surface area contributed by atoms with Crippen LogP contribution in [-0.4, -0.2) is 42.5 Å². The van der Waals surface area contributed by atoms with Gasteiger partial charge in [0, 0.05) is 34.1 Å². The summed E-state index contributed by atoms with van der Waals surface area (Å²) in [5.41, 5.74) is 8.25. The molecule has 160 valence electrons. The highest BCUT2D eigenvalue weighted by molar-refractivity contribution is 6.37. The molecule has 1 atom stereocenters. The van der Waals surface area contributed by atoms with Crippen LogP contribution < -0.4 is 15.2 Å². The molecule has 0 aliphatic carbocycles. The Morgan fingerprint density at radius 3 is 2.77 bits per heavy atom. The van der Waals surface area contributed by atoms with Gasteiger partial charge in [-0.05, 0) is 25.1 Å². The van der Waals surface area contributed by atoms with E-state index in [4.69, 9.17) is 38.4 Å². The maximum absolute atomic E-state index is 6.44. The summed E-state index contributed by atoms with van der Waals surface area (Å²) in [6, 6.07) is 5.19. The second kappa shape index (κ2) is 8.78. The molecular formula is C19H18Cl2N8O2. The van der Waals surface area contributed by atoms with E-state index in [0.29, 0.717) is 39.5 Å². The van der Waals surface area contributed by atoms with Gasteiger partial charge in [-0.1, -0.05) is 28.4 Å². The number of benzene rings is 1. The van der Waals surface area contributed by atoms with E-state index < -0.39 is 6.10 Å². The fraction of sp³-hybridized carbons (Fsp3) is 0.211. The molecule has 4 rings (SSSR count). The number of nitrogens with two attached hydrogens (primary N) is 1. The van der Waals surface area contributed by atoms with E-state index in [1.54, 1.807) is 35.3 Å². The minimum absolute atomic E-state index is 0.241. The van der Waals surface area contributed by atoms with Gasteiger partial charge in [0.05, 0.1) is 18.3 Å². The minimum atomic E-state index is -0.504. The van der Waals surface area contributed by atoms with Crippen LogP contribution in [0.25, 0.3) is 11.1 Å². The van der Waals surface area contributed by atoms with Crippen LogP contribution in [0.2, 0.25) is 10.0 Å². The number of hydrogen-bond acceptors (Lipinski definition) is 8. The van der Waals surface area contributed by atoms with Gasteiger partial charge >= 0.3 is 0 Å². The van der Waals surface area contributed by atoms with Crippen LogP contribution in [0.1, 0.15) is 24.4 Å². The Bertz CT molecular complexity index is 1200. The van der Waals surface area contributed by atoms with Crippen molar-refractivity contribution in [2.45, 2.75) is 19.6 Å². The molecule has 10 nitrogen and oxygen atoms in total. The van der Waals surface area contributed by atoms with Crippen molar-refractivity contribution < 1.29 is 9.47 Å². The molecular weight excluding hydrogens is 443 g/mol. The van der Waals surface area contributed by atoms with Gasteiger partial charge in [-0.25, -0.2) is 4.98 Å². The quantitative estimate of drug-likeness (QED) is 0.428. The number of anilines is 1. The number of methoxy groups -OCH3 is 1. The lowest BCUT2D eigenvalue weighted by atomic mass is 10.1. The molecule has 1 unspecified atom stereocenters. The third-order valence-corrected chi connectivity index (χ3v) is 5.28. The molecule has 12 heteroatoms. The smallest absolute Gasteiger partial charge is 0.195 e. The number of pyridine rings is 1. The third kappa shape index (κ3) is 4.39.